The summed E-state index contributed by atoms with van der Waals surface area (Å²) in [6.45, 7) is 1.81. The van der Waals surface area contributed by atoms with Crippen molar-refractivity contribution in [3.63, 3.8) is 0 Å². The number of aromatic nitrogens is 2. The third kappa shape index (κ3) is 3.82. The lowest BCUT2D eigenvalue weighted by Crippen LogP contribution is -2.47. The van der Waals surface area contributed by atoms with E-state index in [1.807, 2.05) is 18.2 Å². The van der Waals surface area contributed by atoms with E-state index < -0.39 is 5.54 Å². The Hall–Kier alpha value is -2.43. The van der Waals surface area contributed by atoms with Crippen LogP contribution in [0.3, 0.4) is 0 Å². The predicted molar refractivity (Wildman–Crippen MR) is 108 cm³/mol. The van der Waals surface area contributed by atoms with Crippen molar-refractivity contribution in [2.75, 3.05) is 5.75 Å². The summed E-state index contributed by atoms with van der Waals surface area (Å²) in [7, 11) is 0. The van der Waals surface area contributed by atoms with Gasteiger partial charge in [0.1, 0.15) is 21.7 Å². The third-order valence-electron chi connectivity index (χ3n) is 4.72. The van der Waals surface area contributed by atoms with Crippen LogP contribution < -0.4 is 5.32 Å². The third-order valence-corrected chi connectivity index (χ3v) is 6.81. The molecule has 1 aromatic carbocycles. The summed E-state index contributed by atoms with van der Waals surface area (Å²) >= 11 is 3.00. The van der Waals surface area contributed by atoms with Crippen LogP contribution in [0.1, 0.15) is 19.8 Å². The number of nitrogens with zero attached hydrogens (tertiary/aromatic N) is 3. The minimum absolute atomic E-state index is 0.138. The Labute approximate surface area is 165 Å². The van der Waals surface area contributed by atoms with Crippen LogP contribution in [-0.4, -0.2) is 27.2 Å². The summed E-state index contributed by atoms with van der Waals surface area (Å²) in [5.74, 6) is 0.362. The van der Waals surface area contributed by atoms with Gasteiger partial charge >= 0.3 is 0 Å². The van der Waals surface area contributed by atoms with Crippen LogP contribution in [0.2, 0.25) is 0 Å². The number of benzene rings is 1. The lowest BCUT2D eigenvalue weighted by Gasteiger charge is -2.22. The normalized spacial score (nSPS) is 15.9. The van der Waals surface area contributed by atoms with Gasteiger partial charge < -0.3 is 5.32 Å². The molecule has 1 saturated carbocycles. The first-order chi connectivity index (χ1) is 13.1. The van der Waals surface area contributed by atoms with Crippen molar-refractivity contribution < 1.29 is 4.79 Å². The molecule has 0 saturated heterocycles. The molecule has 3 aromatic rings. The maximum atomic E-state index is 12.4. The van der Waals surface area contributed by atoms with Gasteiger partial charge in [-0.1, -0.05) is 42.1 Å². The summed E-state index contributed by atoms with van der Waals surface area (Å²) in [4.78, 5) is 23.1. The van der Waals surface area contributed by atoms with Gasteiger partial charge in [0.25, 0.3) is 0 Å². The molecular weight excluding hydrogens is 376 g/mol. The van der Waals surface area contributed by atoms with E-state index in [0.29, 0.717) is 0 Å². The molecule has 0 spiro atoms. The highest BCUT2D eigenvalue weighted by Gasteiger charge is 2.42. The zero-order valence-electron chi connectivity index (χ0n) is 14.8. The average molecular weight is 395 g/mol. The van der Waals surface area contributed by atoms with Crippen molar-refractivity contribution >= 4 is 39.2 Å². The van der Waals surface area contributed by atoms with Gasteiger partial charge in [0.15, 0.2) is 0 Å². The van der Waals surface area contributed by atoms with E-state index in [1.54, 1.807) is 18.3 Å². The van der Waals surface area contributed by atoms with Crippen LogP contribution in [0.15, 0.2) is 47.8 Å². The highest BCUT2D eigenvalue weighted by Crippen LogP contribution is 2.39. The Morgan fingerprint density at radius 2 is 2.15 bits per heavy atom. The van der Waals surface area contributed by atoms with Gasteiger partial charge in [-0.3, -0.25) is 4.79 Å². The number of amides is 1. The molecule has 1 aliphatic carbocycles. The SMILES string of the molecule is C[C@@](C#N)(NC(=O)CSc1ncnc2sc(-c3ccccc3)cc12)C1CC1. The van der Waals surface area contributed by atoms with E-state index in [9.17, 15) is 10.1 Å². The van der Waals surface area contributed by atoms with Crippen molar-refractivity contribution in [1.29, 1.82) is 5.26 Å². The van der Waals surface area contributed by atoms with Crippen molar-refractivity contribution in [2.45, 2.75) is 30.3 Å². The second-order valence-electron chi connectivity index (χ2n) is 6.80. The first-order valence-electron chi connectivity index (χ1n) is 8.74. The first kappa shape index (κ1) is 18.0. The van der Waals surface area contributed by atoms with Gasteiger partial charge in [0.05, 0.1) is 11.8 Å². The second-order valence-corrected chi connectivity index (χ2v) is 8.79. The quantitative estimate of drug-likeness (QED) is 0.499. The highest BCUT2D eigenvalue weighted by molar-refractivity contribution is 8.00. The summed E-state index contributed by atoms with van der Waals surface area (Å²) in [6.07, 6.45) is 3.54. The molecule has 136 valence electrons. The smallest absolute Gasteiger partial charge is 0.231 e. The number of hydrogen-bond acceptors (Lipinski definition) is 6. The molecule has 1 aliphatic rings. The molecule has 0 aliphatic heterocycles. The van der Waals surface area contributed by atoms with Crippen molar-refractivity contribution in [3.8, 4) is 16.5 Å². The standard InChI is InChI=1S/C20H18N4OS2/c1-20(11-21,14-7-8-14)24-17(25)10-26-18-15-9-16(13-5-3-2-4-6-13)27-19(15)23-12-22-18/h2-6,9,12,14H,7-8,10H2,1H3,(H,24,25)/t20-/m0/s1. The first-order valence-corrected chi connectivity index (χ1v) is 10.5. The molecule has 0 unspecified atom stereocenters. The number of carbonyl (C=O) groups is 1. The fourth-order valence-electron chi connectivity index (χ4n) is 3.04. The van der Waals surface area contributed by atoms with Crippen LogP contribution >= 0.6 is 23.1 Å². The predicted octanol–water partition coefficient (Wildman–Crippen LogP) is 4.26. The highest BCUT2D eigenvalue weighted by atomic mass is 32.2. The fourth-order valence-corrected chi connectivity index (χ4v) is 4.88. The molecule has 0 bridgehead atoms. The summed E-state index contributed by atoms with van der Waals surface area (Å²) in [5, 5.41) is 14.0. The minimum atomic E-state index is -0.762. The molecule has 27 heavy (non-hydrogen) atoms. The van der Waals surface area contributed by atoms with Gasteiger partial charge in [-0.05, 0) is 37.3 Å². The largest absolute Gasteiger partial charge is 0.337 e. The van der Waals surface area contributed by atoms with Gasteiger partial charge in [0.2, 0.25) is 5.91 Å². The summed E-state index contributed by atoms with van der Waals surface area (Å²) in [5.41, 5.74) is 0.380. The summed E-state index contributed by atoms with van der Waals surface area (Å²) in [6, 6.07) is 14.5. The molecule has 2 heterocycles. The Morgan fingerprint density at radius 1 is 1.37 bits per heavy atom. The van der Waals surface area contributed by atoms with Gasteiger partial charge in [-0.2, -0.15) is 5.26 Å². The fraction of sp³-hybridized carbons (Fsp3) is 0.300. The van der Waals surface area contributed by atoms with Crippen molar-refractivity contribution in [3.05, 3.63) is 42.7 Å². The van der Waals surface area contributed by atoms with E-state index in [0.717, 1.165) is 38.5 Å². The van der Waals surface area contributed by atoms with Gasteiger partial charge in [-0.15, -0.1) is 11.3 Å². The number of nitrogens with one attached hydrogen (secondary N) is 1. The van der Waals surface area contributed by atoms with Crippen molar-refractivity contribution in [2.24, 2.45) is 5.92 Å². The van der Waals surface area contributed by atoms with E-state index in [1.165, 1.54) is 18.1 Å². The van der Waals surface area contributed by atoms with Crippen LogP contribution in [0.5, 0.6) is 0 Å². The van der Waals surface area contributed by atoms with Crippen LogP contribution in [0.25, 0.3) is 20.7 Å². The molecule has 1 fully saturated rings. The topological polar surface area (TPSA) is 78.7 Å². The second kappa shape index (κ2) is 7.29. The Morgan fingerprint density at radius 3 is 2.85 bits per heavy atom. The zero-order chi connectivity index (χ0) is 18.9. The molecule has 1 atom stereocenters. The summed E-state index contributed by atoms with van der Waals surface area (Å²) < 4.78 is 0. The molecule has 7 heteroatoms. The number of rotatable bonds is 6. The van der Waals surface area contributed by atoms with E-state index in [4.69, 9.17) is 0 Å². The number of hydrogen-bond donors (Lipinski definition) is 1. The maximum absolute atomic E-state index is 12.4. The number of thioether (sulfide) groups is 1. The average Bonchev–Trinajstić information content (AvgIpc) is 3.46. The Bertz CT molecular complexity index is 1020. The van der Waals surface area contributed by atoms with Gasteiger partial charge in [-0.25, -0.2) is 9.97 Å². The molecule has 2 aromatic heterocycles. The zero-order valence-corrected chi connectivity index (χ0v) is 16.4. The van der Waals surface area contributed by atoms with Crippen LogP contribution in [-0.2, 0) is 4.79 Å². The number of carbonyl (C=O) groups excluding carboxylic acids is 1. The van der Waals surface area contributed by atoms with E-state index in [-0.39, 0.29) is 17.6 Å². The lowest BCUT2D eigenvalue weighted by molar-refractivity contribution is -0.119. The van der Waals surface area contributed by atoms with Crippen LogP contribution in [0.4, 0.5) is 0 Å². The van der Waals surface area contributed by atoms with E-state index in [2.05, 4.69) is 39.6 Å². The molecular formula is C20H18N4OS2. The molecule has 1 amide bonds. The molecule has 0 radical (unpaired) electrons. The van der Waals surface area contributed by atoms with Crippen LogP contribution in [0, 0.1) is 17.2 Å². The minimum Gasteiger partial charge on any atom is -0.337 e. The van der Waals surface area contributed by atoms with E-state index >= 15 is 0 Å². The Kier molecular flexibility index (Phi) is 4.85. The maximum Gasteiger partial charge on any atom is 0.231 e. The lowest BCUT2D eigenvalue weighted by atomic mass is 9.98. The van der Waals surface area contributed by atoms with Crippen molar-refractivity contribution in [1.82, 2.24) is 15.3 Å². The molecule has 1 N–H and O–H groups in total. The van der Waals surface area contributed by atoms with Gasteiger partial charge in [0, 0.05) is 10.3 Å². The number of fused-ring (bicyclic) bond motifs is 1. The molecule has 5 nitrogen and oxygen atoms in total. The number of thiophene rings is 1. The Balaban J connectivity index is 1.50. The molecule has 4 rings (SSSR count). The monoisotopic (exact) mass is 394 g/mol. The number of nitriles is 1.